The average molecular weight is 341 g/mol. The summed E-state index contributed by atoms with van der Waals surface area (Å²) in [5.74, 6) is -1.12. The molecule has 0 atom stereocenters. The fraction of sp³-hybridized carbons (Fsp3) is 0.750. The van der Waals surface area contributed by atoms with E-state index in [0.29, 0.717) is 18.8 Å². The quantitative estimate of drug-likeness (QED) is 0.302. The Morgan fingerprint density at radius 2 is 1.26 bits per heavy atom. The maximum atomic E-state index is 10.8. The van der Waals surface area contributed by atoms with E-state index in [1.807, 2.05) is 0 Å². The van der Waals surface area contributed by atoms with Gasteiger partial charge in [0.25, 0.3) is 26.2 Å². The van der Waals surface area contributed by atoms with Gasteiger partial charge >= 0.3 is 10.1 Å². The van der Waals surface area contributed by atoms with Gasteiger partial charge in [-0.1, -0.05) is 5.23 Å². The number of nitrogens with two attached hydrogens (primary N) is 1. The summed E-state index contributed by atoms with van der Waals surface area (Å²) >= 11 is 0. The first-order valence-corrected chi connectivity index (χ1v) is 9.46. The van der Waals surface area contributed by atoms with Gasteiger partial charge in [0.2, 0.25) is 0 Å². The normalized spacial score (nSPS) is 14.2. The number of hydroxylamine groups is 2. The van der Waals surface area contributed by atoms with Gasteiger partial charge in [-0.15, -0.1) is 8.57 Å². The van der Waals surface area contributed by atoms with Gasteiger partial charge in [0.1, 0.15) is 0 Å². The predicted octanol–water partition coefficient (Wildman–Crippen LogP) is -2.72. The molecule has 0 fully saturated rings. The number of rotatable bonds is 6. The minimum atomic E-state index is -4.22. The Hall–Kier alpha value is -1.16. The third-order valence-electron chi connectivity index (χ3n) is 0.859. The van der Waals surface area contributed by atoms with Crippen LogP contribution in [0, 0.1) is 0 Å². The molecule has 0 unspecified atom stereocenters. The van der Waals surface area contributed by atoms with E-state index in [-0.39, 0.29) is 5.23 Å². The third-order valence-corrected chi connectivity index (χ3v) is 2.02. The Bertz CT molecular complexity index is 611. The Labute approximate surface area is 110 Å². The van der Waals surface area contributed by atoms with E-state index >= 15 is 0 Å². The number of guanidine groups is 1. The number of hydrogen-bond donors (Lipinski definition) is 1. The largest absolute Gasteiger partial charge is 0.363 e. The molecule has 15 heteroatoms. The van der Waals surface area contributed by atoms with Gasteiger partial charge in [-0.2, -0.15) is 25.3 Å². The molecule has 0 radical (unpaired) electrons. The Morgan fingerprint density at radius 3 is 1.53 bits per heavy atom. The molecule has 0 spiro atoms. The van der Waals surface area contributed by atoms with E-state index in [1.54, 1.807) is 0 Å². The second-order valence-electron chi connectivity index (χ2n) is 3.04. The summed E-state index contributed by atoms with van der Waals surface area (Å²) in [6, 6.07) is 0. The van der Waals surface area contributed by atoms with E-state index in [0.717, 1.165) is 0 Å². The monoisotopic (exact) mass is 341 g/mol. The molecule has 0 aliphatic heterocycles. The lowest BCUT2D eigenvalue weighted by Gasteiger charge is -2.16. The first-order chi connectivity index (χ1) is 8.20. The summed E-state index contributed by atoms with van der Waals surface area (Å²) in [4.78, 5) is 0. The SMILES string of the molecule is CS(=O)(=O)O/N=C(\N)N(OS(C)(=O)=O)OS(C)(=O)=O. The lowest BCUT2D eigenvalue weighted by Crippen LogP contribution is -2.40. The molecule has 12 nitrogen and oxygen atoms in total. The van der Waals surface area contributed by atoms with Crippen LogP contribution in [0.3, 0.4) is 0 Å². The number of oxime groups is 1. The van der Waals surface area contributed by atoms with E-state index in [4.69, 9.17) is 5.73 Å². The molecule has 0 aromatic heterocycles. The maximum Gasteiger partial charge on any atom is 0.325 e. The molecule has 0 heterocycles. The van der Waals surface area contributed by atoms with E-state index in [1.165, 1.54) is 0 Å². The third kappa shape index (κ3) is 10.4. The molecule has 0 amide bonds. The van der Waals surface area contributed by atoms with Crippen molar-refractivity contribution < 1.29 is 38.1 Å². The lowest BCUT2D eigenvalue weighted by atomic mass is 11.1. The minimum Gasteiger partial charge on any atom is -0.363 e. The van der Waals surface area contributed by atoms with Gasteiger partial charge < -0.3 is 5.73 Å². The fourth-order valence-corrected chi connectivity index (χ4v) is 1.43. The molecule has 0 saturated heterocycles. The van der Waals surface area contributed by atoms with Crippen LogP contribution in [0.15, 0.2) is 5.16 Å². The van der Waals surface area contributed by atoms with E-state index in [2.05, 4.69) is 18.0 Å². The van der Waals surface area contributed by atoms with Crippen LogP contribution in [0.1, 0.15) is 0 Å². The molecule has 19 heavy (non-hydrogen) atoms. The van der Waals surface area contributed by atoms with Gasteiger partial charge in [-0.25, -0.2) is 0 Å². The van der Waals surface area contributed by atoms with Crippen molar-refractivity contribution in [2.24, 2.45) is 10.9 Å². The van der Waals surface area contributed by atoms with Crippen molar-refractivity contribution >= 4 is 36.3 Å². The van der Waals surface area contributed by atoms with Gasteiger partial charge in [0.15, 0.2) is 0 Å². The molecule has 0 bridgehead atoms. The average Bonchev–Trinajstić information content (AvgIpc) is 2.07. The molecular formula is C4H11N3O9S3. The van der Waals surface area contributed by atoms with Crippen LogP contribution in [0.25, 0.3) is 0 Å². The van der Waals surface area contributed by atoms with Crippen LogP contribution in [0.5, 0.6) is 0 Å². The topological polar surface area (TPSA) is 172 Å². The Balaban J connectivity index is 5.24. The molecule has 114 valence electrons. The van der Waals surface area contributed by atoms with Gasteiger partial charge in [-0.3, -0.25) is 4.28 Å². The highest BCUT2D eigenvalue weighted by atomic mass is 32.2. The predicted molar refractivity (Wildman–Crippen MR) is 61.2 cm³/mol. The molecule has 0 aliphatic carbocycles. The van der Waals surface area contributed by atoms with Gasteiger partial charge in [-0.05, 0) is 5.16 Å². The van der Waals surface area contributed by atoms with Crippen LogP contribution < -0.4 is 5.73 Å². The lowest BCUT2D eigenvalue weighted by molar-refractivity contribution is -0.185. The highest BCUT2D eigenvalue weighted by Crippen LogP contribution is 2.03. The minimum absolute atomic E-state index is 0.337. The van der Waals surface area contributed by atoms with Crippen molar-refractivity contribution in [1.82, 2.24) is 5.23 Å². The molecular weight excluding hydrogens is 330 g/mol. The summed E-state index contributed by atoms with van der Waals surface area (Å²) in [5.41, 5.74) is 5.05. The van der Waals surface area contributed by atoms with Crippen molar-refractivity contribution in [1.29, 1.82) is 0 Å². The first-order valence-electron chi connectivity index (χ1n) is 4.01. The van der Waals surface area contributed by atoms with Crippen LogP contribution in [-0.4, -0.2) is 55.2 Å². The van der Waals surface area contributed by atoms with Crippen molar-refractivity contribution in [3.05, 3.63) is 0 Å². The molecule has 2 N–H and O–H groups in total. The highest BCUT2D eigenvalue weighted by Gasteiger charge is 2.23. The Kier molecular flexibility index (Phi) is 5.51. The van der Waals surface area contributed by atoms with Crippen LogP contribution in [-0.2, 0) is 43.2 Å². The molecule has 0 aromatic carbocycles. The maximum absolute atomic E-state index is 10.8. The van der Waals surface area contributed by atoms with E-state index < -0.39 is 36.3 Å². The van der Waals surface area contributed by atoms with Gasteiger partial charge in [0, 0.05) is 0 Å². The molecule has 0 rings (SSSR count). The zero-order valence-electron chi connectivity index (χ0n) is 9.87. The van der Waals surface area contributed by atoms with Crippen molar-refractivity contribution in [2.75, 3.05) is 18.8 Å². The summed E-state index contributed by atoms with van der Waals surface area (Å²) in [5, 5.41) is 2.38. The fourth-order valence-electron chi connectivity index (χ4n) is 0.474. The zero-order valence-corrected chi connectivity index (χ0v) is 12.3. The second kappa shape index (κ2) is 5.87. The van der Waals surface area contributed by atoms with Crippen LogP contribution in [0.2, 0.25) is 0 Å². The van der Waals surface area contributed by atoms with Crippen LogP contribution in [0.4, 0.5) is 0 Å². The van der Waals surface area contributed by atoms with E-state index in [9.17, 15) is 25.3 Å². The van der Waals surface area contributed by atoms with Crippen molar-refractivity contribution in [3.8, 4) is 0 Å². The van der Waals surface area contributed by atoms with Gasteiger partial charge in [0.05, 0.1) is 18.8 Å². The standard InChI is InChI=1S/C4H11N3O9S3/c1-17(8,9)14-6-4(5)7(15-18(2,10)11)16-19(3,12)13/h1-3H3,(H2,5,6). The van der Waals surface area contributed by atoms with Crippen LogP contribution >= 0.6 is 0 Å². The summed E-state index contributed by atoms with van der Waals surface area (Å²) in [7, 11) is -12.5. The number of nitrogens with zero attached hydrogens (tertiary/aromatic N) is 2. The summed E-state index contributed by atoms with van der Waals surface area (Å²) in [6.45, 7) is 0. The molecule has 0 aromatic rings. The second-order valence-corrected chi connectivity index (χ2v) is 7.71. The molecule has 0 aliphatic rings. The van der Waals surface area contributed by atoms with Crippen molar-refractivity contribution in [3.63, 3.8) is 0 Å². The zero-order chi connectivity index (χ0) is 15.5. The molecule has 0 saturated carbocycles. The summed E-state index contributed by atoms with van der Waals surface area (Å²) in [6.07, 6.45) is 1.72. The number of hydrogen-bond acceptors (Lipinski definition) is 10. The first kappa shape index (κ1) is 17.8. The van der Waals surface area contributed by atoms with Crippen molar-refractivity contribution in [2.45, 2.75) is 0 Å². The summed E-state index contributed by atoms with van der Waals surface area (Å²) < 4.78 is 76.4. The smallest absolute Gasteiger partial charge is 0.325 e. The Morgan fingerprint density at radius 1 is 0.895 bits per heavy atom. The highest BCUT2D eigenvalue weighted by molar-refractivity contribution is 7.86.